The molecule has 3 aliphatic heterocycles. The van der Waals surface area contributed by atoms with Crippen LogP contribution in [0.3, 0.4) is 0 Å². The van der Waals surface area contributed by atoms with Gasteiger partial charge in [0, 0.05) is 18.3 Å². The summed E-state index contributed by atoms with van der Waals surface area (Å²) in [5, 5.41) is 10.1. The number of amides is 2. The maximum atomic E-state index is 14.3. The molecule has 3 unspecified atom stereocenters. The summed E-state index contributed by atoms with van der Waals surface area (Å²) >= 11 is 8.02. The van der Waals surface area contributed by atoms with E-state index in [0.717, 1.165) is 0 Å². The van der Waals surface area contributed by atoms with Gasteiger partial charge < -0.3 is 19.6 Å². The van der Waals surface area contributed by atoms with Crippen molar-refractivity contribution >= 4 is 46.8 Å². The molecule has 0 aliphatic carbocycles. The summed E-state index contributed by atoms with van der Waals surface area (Å²) in [6, 6.07) is 6.20. The molecular weight excluding hydrogens is 488 g/mol. The largest absolute Gasteiger partial charge is 0.465 e. The van der Waals surface area contributed by atoms with Crippen molar-refractivity contribution in [3.05, 3.63) is 54.6 Å². The van der Waals surface area contributed by atoms with Gasteiger partial charge in [0.25, 0.3) is 5.91 Å². The summed E-state index contributed by atoms with van der Waals surface area (Å²) in [6.07, 6.45) is 4.53. The molecule has 7 nitrogen and oxygen atoms in total. The van der Waals surface area contributed by atoms with E-state index in [9.17, 15) is 19.5 Å². The van der Waals surface area contributed by atoms with Gasteiger partial charge >= 0.3 is 5.97 Å². The van der Waals surface area contributed by atoms with Crippen LogP contribution in [0, 0.1) is 17.8 Å². The maximum absolute atomic E-state index is 14.3. The predicted molar refractivity (Wildman–Crippen MR) is 137 cm³/mol. The fourth-order valence-electron chi connectivity index (χ4n) is 6.01. The first-order valence-corrected chi connectivity index (χ1v) is 13.1. The molecule has 1 aromatic carbocycles. The van der Waals surface area contributed by atoms with Crippen molar-refractivity contribution < 1.29 is 24.2 Å². The molecule has 3 aliphatic rings. The number of nitrogens with zero attached hydrogens (tertiary/aromatic N) is 2. The molecule has 35 heavy (non-hydrogen) atoms. The lowest BCUT2D eigenvalue weighted by Crippen LogP contribution is -2.57. The van der Waals surface area contributed by atoms with E-state index in [-0.39, 0.29) is 49.3 Å². The number of carbonyl (C=O) groups is 3. The molecule has 3 saturated heterocycles. The number of β-amino-alcohol motifs (C(OH)–C–C–N with tert-alkyl or cyclic N) is 1. The second-order valence-corrected chi connectivity index (χ2v) is 11.2. The van der Waals surface area contributed by atoms with Crippen molar-refractivity contribution in [3.8, 4) is 0 Å². The number of aliphatic hydroxyl groups is 1. The normalized spacial score (nSPS) is 30.8. The Bertz CT molecular complexity index is 1030. The number of para-hydroxylation sites is 1. The standard InChI is InChI=1S/C26H31ClN2O5S/c1-4-6-14-34-25(33)20-19-15-16(3)26(35-19)21(20)23(31)29(12-13-30)22(26)24(32)28(11-5-2)18-10-8-7-9-17(18)27/h4-5,7-10,16,19-22,30H,1-2,6,11-15H2,3H3/t16?,19-,20+,21+,22?,26?/m1/s1. The Morgan fingerprint density at radius 3 is 2.74 bits per heavy atom. The average molecular weight is 519 g/mol. The minimum atomic E-state index is -0.848. The van der Waals surface area contributed by atoms with Crippen molar-refractivity contribution in [2.24, 2.45) is 17.8 Å². The molecule has 1 spiro atoms. The molecule has 3 fully saturated rings. The highest BCUT2D eigenvalue weighted by molar-refractivity contribution is 8.02. The quantitative estimate of drug-likeness (QED) is 0.290. The maximum Gasteiger partial charge on any atom is 0.310 e. The van der Waals surface area contributed by atoms with Gasteiger partial charge in [-0.05, 0) is 30.9 Å². The first-order chi connectivity index (χ1) is 16.8. The van der Waals surface area contributed by atoms with Crippen LogP contribution in [-0.4, -0.2) is 70.1 Å². The Hall–Kier alpha value is -2.29. The highest BCUT2D eigenvalue weighted by atomic mass is 35.5. The molecule has 188 valence electrons. The minimum Gasteiger partial charge on any atom is -0.465 e. The zero-order chi connectivity index (χ0) is 25.3. The van der Waals surface area contributed by atoms with Gasteiger partial charge in [0.1, 0.15) is 6.04 Å². The minimum absolute atomic E-state index is 0.00806. The van der Waals surface area contributed by atoms with Crippen LogP contribution >= 0.6 is 23.4 Å². The monoisotopic (exact) mass is 518 g/mol. The second-order valence-electron chi connectivity index (χ2n) is 9.24. The third kappa shape index (κ3) is 4.09. The summed E-state index contributed by atoms with van der Waals surface area (Å²) in [6.45, 7) is 9.63. The highest BCUT2D eigenvalue weighted by Crippen LogP contribution is 2.68. The summed E-state index contributed by atoms with van der Waals surface area (Å²) in [5.74, 6) is -2.26. The molecule has 4 rings (SSSR count). The number of hydrogen-bond acceptors (Lipinski definition) is 6. The fourth-order valence-corrected chi connectivity index (χ4v) is 8.65. The first kappa shape index (κ1) is 25.8. The van der Waals surface area contributed by atoms with Crippen molar-refractivity contribution in [1.82, 2.24) is 4.90 Å². The zero-order valence-corrected chi connectivity index (χ0v) is 21.3. The molecule has 1 aromatic rings. The van der Waals surface area contributed by atoms with Gasteiger partial charge in [0.15, 0.2) is 0 Å². The van der Waals surface area contributed by atoms with Gasteiger partial charge in [-0.1, -0.05) is 42.8 Å². The van der Waals surface area contributed by atoms with E-state index in [4.69, 9.17) is 16.3 Å². The topological polar surface area (TPSA) is 87.1 Å². The number of hydrogen-bond donors (Lipinski definition) is 1. The van der Waals surface area contributed by atoms with E-state index in [0.29, 0.717) is 23.6 Å². The van der Waals surface area contributed by atoms with E-state index in [1.165, 1.54) is 4.90 Å². The second kappa shape index (κ2) is 10.4. The Kier molecular flexibility index (Phi) is 7.64. The number of benzene rings is 1. The van der Waals surface area contributed by atoms with Gasteiger partial charge in [-0.15, -0.1) is 24.9 Å². The Balaban J connectivity index is 1.76. The van der Waals surface area contributed by atoms with Gasteiger partial charge in [-0.3, -0.25) is 14.4 Å². The highest BCUT2D eigenvalue weighted by Gasteiger charge is 2.76. The Morgan fingerprint density at radius 2 is 2.09 bits per heavy atom. The predicted octanol–water partition coefficient (Wildman–Crippen LogP) is 3.31. The third-order valence-corrected chi connectivity index (χ3v) is 9.78. The Labute approximate surface area is 215 Å². The summed E-state index contributed by atoms with van der Waals surface area (Å²) in [5.41, 5.74) is 0.529. The number of likely N-dealkylation sites (tertiary alicyclic amines) is 1. The van der Waals surface area contributed by atoms with E-state index in [1.54, 1.807) is 53.1 Å². The van der Waals surface area contributed by atoms with E-state index >= 15 is 0 Å². The van der Waals surface area contributed by atoms with E-state index < -0.39 is 28.6 Å². The lowest BCUT2D eigenvalue weighted by molar-refractivity contribution is -0.154. The Morgan fingerprint density at radius 1 is 1.34 bits per heavy atom. The molecule has 2 bridgehead atoms. The molecule has 0 saturated carbocycles. The number of fused-ring (bicyclic) bond motifs is 1. The lowest BCUT2D eigenvalue weighted by Gasteiger charge is -2.40. The van der Waals surface area contributed by atoms with Gasteiger partial charge in [-0.2, -0.15) is 0 Å². The molecule has 1 N–H and O–H groups in total. The number of halogens is 1. The molecule has 6 atom stereocenters. The van der Waals surface area contributed by atoms with E-state index in [1.807, 2.05) is 6.92 Å². The number of thioether (sulfide) groups is 1. The van der Waals surface area contributed by atoms with Crippen LogP contribution in [0.5, 0.6) is 0 Å². The van der Waals surface area contributed by atoms with Crippen LogP contribution in [0.4, 0.5) is 5.69 Å². The number of anilines is 1. The van der Waals surface area contributed by atoms with E-state index in [2.05, 4.69) is 13.2 Å². The van der Waals surface area contributed by atoms with Crippen molar-refractivity contribution in [3.63, 3.8) is 0 Å². The van der Waals surface area contributed by atoms with Crippen LogP contribution in [0.25, 0.3) is 0 Å². The average Bonchev–Trinajstić information content (AvgIpc) is 3.42. The molecular formula is C26H31ClN2O5S. The number of rotatable bonds is 10. The van der Waals surface area contributed by atoms with Crippen LogP contribution in [0.15, 0.2) is 49.6 Å². The summed E-state index contributed by atoms with van der Waals surface area (Å²) in [4.78, 5) is 44.2. The van der Waals surface area contributed by atoms with Gasteiger partial charge in [-0.25, -0.2) is 0 Å². The third-order valence-electron chi connectivity index (χ3n) is 7.38. The molecule has 3 heterocycles. The number of esters is 1. The smallest absolute Gasteiger partial charge is 0.310 e. The molecule has 2 amide bonds. The molecule has 0 radical (unpaired) electrons. The number of aliphatic hydroxyl groups excluding tert-OH is 1. The van der Waals surface area contributed by atoms with Crippen LogP contribution < -0.4 is 4.90 Å². The van der Waals surface area contributed by atoms with Gasteiger partial charge in [0.05, 0.1) is 40.5 Å². The first-order valence-electron chi connectivity index (χ1n) is 11.9. The van der Waals surface area contributed by atoms with Crippen LogP contribution in [0.2, 0.25) is 5.02 Å². The van der Waals surface area contributed by atoms with Crippen molar-refractivity contribution in [2.75, 3.05) is 31.2 Å². The number of ether oxygens (including phenoxy) is 1. The van der Waals surface area contributed by atoms with Crippen LogP contribution in [0.1, 0.15) is 19.8 Å². The van der Waals surface area contributed by atoms with Gasteiger partial charge in [0.2, 0.25) is 5.91 Å². The zero-order valence-electron chi connectivity index (χ0n) is 19.8. The SMILES string of the molecule is C=CCCOC(=O)[C@@H]1[C@H]2C(=O)N(CCO)C(C(=O)N(CC=C)c3ccccc3Cl)C23S[C@@H]1CC3C. The summed E-state index contributed by atoms with van der Waals surface area (Å²) in [7, 11) is 0. The van der Waals surface area contributed by atoms with Crippen LogP contribution in [-0.2, 0) is 19.1 Å². The number of carbonyl (C=O) groups excluding carboxylic acids is 3. The van der Waals surface area contributed by atoms with Crippen molar-refractivity contribution in [2.45, 2.75) is 35.8 Å². The molecule has 0 aromatic heterocycles. The fraction of sp³-hybridized carbons (Fsp3) is 0.500. The van der Waals surface area contributed by atoms with Crippen molar-refractivity contribution in [1.29, 1.82) is 0 Å². The summed E-state index contributed by atoms with van der Waals surface area (Å²) < 4.78 is 4.70. The lowest BCUT2D eigenvalue weighted by atomic mass is 9.66. The molecule has 9 heteroatoms.